The summed E-state index contributed by atoms with van der Waals surface area (Å²) in [6.45, 7) is 4.15. The van der Waals surface area contributed by atoms with Gasteiger partial charge in [-0.2, -0.15) is 0 Å². The third-order valence-electron chi connectivity index (χ3n) is 2.48. The minimum absolute atomic E-state index is 0.0510. The van der Waals surface area contributed by atoms with Crippen LogP contribution in [0.3, 0.4) is 0 Å². The molecule has 5 heteroatoms. The Hall–Kier alpha value is -1.75. The Bertz CT molecular complexity index is 416. The van der Waals surface area contributed by atoms with Crippen LogP contribution >= 0.6 is 0 Å². The molecule has 1 amide bonds. The lowest BCUT2D eigenvalue weighted by Crippen LogP contribution is -2.44. The normalized spacial score (nSPS) is 11.2. The summed E-state index contributed by atoms with van der Waals surface area (Å²) in [5.74, 6) is -1.15. The maximum absolute atomic E-state index is 11.9. The van der Waals surface area contributed by atoms with E-state index >= 15 is 0 Å². The van der Waals surface area contributed by atoms with Crippen molar-refractivity contribution in [2.45, 2.75) is 25.8 Å². The first kappa shape index (κ1) is 13.3. The van der Waals surface area contributed by atoms with Crippen LogP contribution in [-0.2, 0) is 0 Å². The van der Waals surface area contributed by atoms with Crippen molar-refractivity contribution in [2.24, 2.45) is 5.73 Å². The first-order chi connectivity index (χ1) is 7.87. The predicted octanol–water partition coefficient (Wildman–Crippen LogP) is 0.955. The first-order valence-electron chi connectivity index (χ1n) is 5.41. The minimum Gasteiger partial charge on any atom is -0.504 e. The number of nitrogens with two attached hydrogens (primary N) is 1. The maximum atomic E-state index is 11.9. The molecule has 0 aliphatic carbocycles. The summed E-state index contributed by atoms with van der Waals surface area (Å²) >= 11 is 0. The number of rotatable bonds is 4. The van der Waals surface area contributed by atoms with Crippen LogP contribution in [0.25, 0.3) is 0 Å². The molecule has 0 heterocycles. The van der Waals surface area contributed by atoms with E-state index in [4.69, 9.17) is 5.73 Å². The topological polar surface area (TPSA) is 95.6 Å². The third kappa shape index (κ3) is 3.35. The first-order valence-corrected chi connectivity index (χ1v) is 5.41. The highest BCUT2D eigenvalue weighted by molar-refractivity contribution is 5.98. The number of hydrogen-bond donors (Lipinski definition) is 4. The molecular weight excluding hydrogens is 220 g/mol. The molecule has 0 aromatic heterocycles. The lowest BCUT2D eigenvalue weighted by atomic mass is 10.00. The number of carbonyl (C=O) groups is 1. The third-order valence-corrected chi connectivity index (χ3v) is 2.48. The van der Waals surface area contributed by atoms with Gasteiger partial charge in [-0.05, 0) is 38.9 Å². The zero-order valence-corrected chi connectivity index (χ0v) is 10.0. The van der Waals surface area contributed by atoms with E-state index in [1.807, 2.05) is 13.8 Å². The minimum atomic E-state index is -0.455. The molecule has 0 atom stereocenters. The van der Waals surface area contributed by atoms with Gasteiger partial charge in [-0.1, -0.05) is 6.07 Å². The van der Waals surface area contributed by atoms with Crippen LogP contribution in [0, 0.1) is 0 Å². The highest BCUT2D eigenvalue weighted by atomic mass is 16.3. The summed E-state index contributed by atoms with van der Waals surface area (Å²) in [7, 11) is 0. The lowest BCUT2D eigenvalue weighted by molar-refractivity contribution is 0.0907. The van der Waals surface area contributed by atoms with Crippen molar-refractivity contribution in [2.75, 3.05) is 6.54 Å². The molecule has 5 N–H and O–H groups in total. The van der Waals surface area contributed by atoms with Gasteiger partial charge in [0.15, 0.2) is 11.5 Å². The molecule has 0 unspecified atom stereocenters. The highest BCUT2D eigenvalue weighted by Crippen LogP contribution is 2.28. The Morgan fingerprint density at radius 3 is 2.65 bits per heavy atom. The lowest BCUT2D eigenvalue weighted by Gasteiger charge is -2.25. The van der Waals surface area contributed by atoms with Gasteiger partial charge < -0.3 is 21.3 Å². The fourth-order valence-corrected chi connectivity index (χ4v) is 1.51. The van der Waals surface area contributed by atoms with E-state index in [-0.39, 0.29) is 11.3 Å². The van der Waals surface area contributed by atoms with Crippen LogP contribution < -0.4 is 11.1 Å². The van der Waals surface area contributed by atoms with E-state index in [2.05, 4.69) is 5.32 Å². The van der Waals surface area contributed by atoms with E-state index in [1.165, 1.54) is 18.2 Å². The summed E-state index contributed by atoms with van der Waals surface area (Å²) in [4.78, 5) is 11.9. The smallest absolute Gasteiger partial charge is 0.255 e. The Balaban J connectivity index is 2.87. The summed E-state index contributed by atoms with van der Waals surface area (Å²) in [5.41, 5.74) is 5.04. The summed E-state index contributed by atoms with van der Waals surface area (Å²) in [5, 5.41) is 21.6. The second-order valence-corrected chi connectivity index (χ2v) is 4.55. The molecule has 1 aromatic rings. The van der Waals surface area contributed by atoms with Gasteiger partial charge in [-0.3, -0.25) is 4.79 Å². The predicted molar refractivity (Wildman–Crippen MR) is 65.0 cm³/mol. The molecule has 5 nitrogen and oxygen atoms in total. The number of hydrogen-bond acceptors (Lipinski definition) is 4. The zero-order valence-electron chi connectivity index (χ0n) is 10.0. The van der Waals surface area contributed by atoms with Crippen molar-refractivity contribution in [1.82, 2.24) is 5.32 Å². The molecule has 17 heavy (non-hydrogen) atoms. The van der Waals surface area contributed by atoms with Gasteiger partial charge in [0.2, 0.25) is 0 Å². The average molecular weight is 238 g/mol. The summed E-state index contributed by atoms with van der Waals surface area (Å²) < 4.78 is 0. The van der Waals surface area contributed by atoms with Crippen LogP contribution in [0.2, 0.25) is 0 Å². The molecule has 94 valence electrons. The number of nitrogens with one attached hydrogen (secondary N) is 1. The molecule has 0 spiro atoms. The standard InChI is InChI=1S/C12H18N2O3/c1-12(2,6-7-13)14-11(17)8-4-3-5-9(15)10(8)16/h3-5,15-16H,6-7,13H2,1-2H3,(H,14,17). The van der Waals surface area contributed by atoms with Crippen LogP contribution in [-0.4, -0.2) is 28.2 Å². The summed E-state index contributed by atoms with van der Waals surface area (Å²) in [6, 6.07) is 4.26. The number of amides is 1. The SMILES string of the molecule is CC(C)(CCN)NC(=O)c1cccc(O)c1O. The molecule has 0 aliphatic rings. The largest absolute Gasteiger partial charge is 0.504 e. The number of carbonyl (C=O) groups excluding carboxylic acids is 1. The Morgan fingerprint density at radius 1 is 1.41 bits per heavy atom. The van der Waals surface area contributed by atoms with E-state index in [9.17, 15) is 15.0 Å². The van der Waals surface area contributed by atoms with Gasteiger partial charge in [-0.25, -0.2) is 0 Å². The van der Waals surface area contributed by atoms with E-state index in [0.717, 1.165) is 0 Å². The number of para-hydroxylation sites is 1. The number of benzene rings is 1. The molecular formula is C12H18N2O3. The molecule has 0 aliphatic heterocycles. The second-order valence-electron chi connectivity index (χ2n) is 4.55. The number of aromatic hydroxyl groups is 2. The molecule has 0 saturated carbocycles. The second kappa shape index (κ2) is 5.05. The number of phenols is 2. The van der Waals surface area contributed by atoms with Crippen molar-refractivity contribution >= 4 is 5.91 Å². The zero-order chi connectivity index (χ0) is 13.1. The van der Waals surface area contributed by atoms with Crippen molar-refractivity contribution in [3.05, 3.63) is 23.8 Å². The quantitative estimate of drug-likeness (QED) is 0.587. The van der Waals surface area contributed by atoms with Crippen LogP contribution in [0.5, 0.6) is 11.5 Å². The van der Waals surface area contributed by atoms with Gasteiger partial charge in [-0.15, -0.1) is 0 Å². The monoisotopic (exact) mass is 238 g/mol. The van der Waals surface area contributed by atoms with E-state index in [1.54, 1.807) is 0 Å². The number of phenolic OH excluding ortho intramolecular Hbond substituents is 2. The van der Waals surface area contributed by atoms with Crippen molar-refractivity contribution in [3.63, 3.8) is 0 Å². The van der Waals surface area contributed by atoms with Gasteiger partial charge in [0.05, 0.1) is 5.56 Å². The van der Waals surface area contributed by atoms with Crippen LogP contribution in [0.15, 0.2) is 18.2 Å². The molecule has 0 radical (unpaired) electrons. The van der Waals surface area contributed by atoms with Crippen molar-refractivity contribution < 1.29 is 15.0 Å². The van der Waals surface area contributed by atoms with Crippen molar-refractivity contribution in [3.8, 4) is 11.5 Å². The van der Waals surface area contributed by atoms with E-state index in [0.29, 0.717) is 13.0 Å². The Morgan fingerprint density at radius 2 is 2.06 bits per heavy atom. The van der Waals surface area contributed by atoms with Crippen molar-refractivity contribution in [1.29, 1.82) is 0 Å². The van der Waals surface area contributed by atoms with Gasteiger partial charge in [0.1, 0.15) is 0 Å². The molecule has 1 rings (SSSR count). The van der Waals surface area contributed by atoms with Gasteiger partial charge >= 0.3 is 0 Å². The van der Waals surface area contributed by atoms with Gasteiger partial charge in [0.25, 0.3) is 5.91 Å². The molecule has 0 bridgehead atoms. The average Bonchev–Trinajstić information content (AvgIpc) is 2.21. The van der Waals surface area contributed by atoms with Crippen LogP contribution in [0.1, 0.15) is 30.6 Å². The molecule has 0 saturated heterocycles. The highest BCUT2D eigenvalue weighted by Gasteiger charge is 2.22. The Labute approximate surface area is 100 Å². The fraction of sp³-hybridized carbons (Fsp3) is 0.417. The Kier molecular flexibility index (Phi) is 3.96. The van der Waals surface area contributed by atoms with Gasteiger partial charge in [0, 0.05) is 5.54 Å². The molecule has 1 aromatic carbocycles. The van der Waals surface area contributed by atoms with Crippen LogP contribution in [0.4, 0.5) is 0 Å². The molecule has 0 fully saturated rings. The summed E-state index contributed by atoms with van der Waals surface area (Å²) in [6.07, 6.45) is 0.623. The fourth-order valence-electron chi connectivity index (χ4n) is 1.51. The van der Waals surface area contributed by atoms with E-state index < -0.39 is 17.2 Å². The maximum Gasteiger partial charge on any atom is 0.255 e.